The van der Waals surface area contributed by atoms with E-state index in [1.807, 2.05) is 12.1 Å². The molecule has 2 nitrogen and oxygen atoms in total. The zero-order valence-electron chi connectivity index (χ0n) is 16.4. The van der Waals surface area contributed by atoms with Gasteiger partial charge in [0.15, 0.2) is 5.69 Å². The maximum atomic E-state index is 6.06. The zero-order chi connectivity index (χ0) is 18.4. The van der Waals surface area contributed by atoms with Crippen molar-refractivity contribution in [3.05, 3.63) is 58.7 Å². The van der Waals surface area contributed by atoms with Crippen molar-refractivity contribution in [2.45, 2.75) is 53.4 Å². The molecule has 0 unspecified atom stereocenters. The first-order chi connectivity index (χ1) is 11.9. The molecule has 136 valence electrons. The van der Waals surface area contributed by atoms with E-state index in [9.17, 15) is 0 Å². The Bertz CT molecular complexity index is 719. The molecule has 0 saturated heterocycles. The molecule has 2 aromatic carbocycles. The Kier molecular flexibility index (Phi) is 11.0. The van der Waals surface area contributed by atoms with Crippen molar-refractivity contribution >= 4 is 29.7 Å². The summed E-state index contributed by atoms with van der Waals surface area (Å²) in [5.41, 5.74) is 1.77. The van der Waals surface area contributed by atoms with Crippen LogP contribution in [0.5, 0.6) is 11.5 Å². The second kappa shape index (κ2) is 11.6. The number of hydrogen-bond acceptors (Lipinski definition) is 4. The van der Waals surface area contributed by atoms with E-state index in [0.717, 1.165) is 48.3 Å². The molecule has 0 saturated carbocycles. The zero-order valence-corrected chi connectivity index (χ0v) is 22.0. The third kappa shape index (κ3) is 6.93. The predicted octanol–water partition coefficient (Wildman–Crippen LogP) is 3.17. The van der Waals surface area contributed by atoms with Crippen LogP contribution in [0.1, 0.15) is 49.9 Å². The molecular weight excluding hydrogens is 406 g/mol. The quantitative estimate of drug-likeness (QED) is 0.362. The first-order valence-electron chi connectivity index (χ1n) is 8.86. The third-order valence-corrected chi connectivity index (χ3v) is 6.00. The number of hydrogen-bond donors (Lipinski definition) is 0. The van der Waals surface area contributed by atoms with Gasteiger partial charge in [-0.2, -0.15) is 0 Å². The third-order valence-electron chi connectivity index (χ3n) is 4.26. The van der Waals surface area contributed by atoms with E-state index in [2.05, 4.69) is 52.0 Å². The molecule has 26 heavy (non-hydrogen) atoms. The van der Waals surface area contributed by atoms with Crippen LogP contribution in [0.4, 0.5) is 0 Å². The van der Waals surface area contributed by atoms with Crippen molar-refractivity contribution in [3.63, 3.8) is 0 Å². The number of aryl methyl sites for hydroxylation is 4. The molecule has 0 aliphatic rings. The molecule has 0 aliphatic heterocycles. The topological polar surface area (TPSA) is 18.5 Å². The summed E-state index contributed by atoms with van der Waals surface area (Å²) in [7, 11) is 0. The van der Waals surface area contributed by atoms with Crippen LogP contribution in [0.3, 0.4) is 0 Å². The number of rotatable bonds is 8. The summed E-state index contributed by atoms with van der Waals surface area (Å²) in [6.07, 6.45) is 3.63. The first-order valence-corrected chi connectivity index (χ1v) is 12.5. The minimum absolute atomic E-state index is 0. The summed E-state index contributed by atoms with van der Waals surface area (Å²) in [5, 5.41) is 0. The molecule has 0 amide bonds. The molecule has 0 aromatic heterocycles. The van der Waals surface area contributed by atoms with E-state index in [1.165, 1.54) is 11.1 Å². The van der Waals surface area contributed by atoms with Crippen molar-refractivity contribution < 1.29 is 60.4 Å². The number of benzene rings is 2. The normalized spacial score (nSPS) is 11.0. The van der Waals surface area contributed by atoms with Crippen LogP contribution in [0, 0.1) is 0 Å². The Morgan fingerprint density at radius 3 is 1.46 bits per heavy atom. The van der Waals surface area contributed by atoms with Crippen molar-refractivity contribution in [1.82, 2.24) is 0 Å². The largest absolute Gasteiger partial charge is 1.00 e. The standard InChI is InChI=1S/C20H27O2PS2.K/c1-5-15-9-11-17(7-3)19(13-15)21-23(24,25)22-20-14-16(6-2)10-12-18(20)8-4;/h9-14H,5-8H2,1-4H3,(H,24,25);/q;+1/p-1. The van der Waals surface area contributed by atoms with Gasteiger partial charge < -0.3 is 21.3 Å². The van der Waals surface area contributed by atoms with Gasteiger partial charge in [0, 0.05) is 0 Å². The Hall–Kier alpha value is 0.676. The summed E-state index contributed by atoms with van der Waals surface area (Å²) in [5.74, 6) is 1.54. The van der Waals surface area contributed by atoms with E-state index >= 15 is 0 Å². The fraction of sp³-hybridized carbons (Fsp3) is 0.400. The Labute approximate surface area is 211 Å². The SMILES string of the molecule is CCc1ccc(CC)c(OP(=S)([S-])Oc2cc(CC)ccc2CC)c1.[K+]. The van der Waals surface area contributed by atoms with E-state index in [1.54, 1.807) is 0 Å². The average molecular weight is 433 g/mol. The van der Waals surface area contributed by atoms with Gasteiger partial charge in [0.1, 0.15) is 11.5 Å². The van der Waals surface area contributed by atoms with Crippen molar-refractivity contribution in [2.24, 2.45) is 0 Å². The Morgan fingerprint density at radius 2 is 1.15 bits per heavy atom. The second-order valence-corrected chi connectivity index (χ2v) is 10.8. The smallest absolute Gasteiger partial charge is 0.665 e. The fourth-order valence-electron chi connectivity index (χ4n) is 2.65. The van der Waals surface area contributed by atoms with Gasteiger partial charge in [0.05, 0.1) is 0 Å². The molecule has 0 spiro atoms. The van der Waals surface area contributed by atoms with Gasteiger partial charge in [0.25, 0.3) is 0 Å². The monoisotopic (exact) mass is 432 g/mol. The van der Waals surface area contributed by atoms with Crippen molar-refractivity contribution in [3.8, 4) is 11.5 Å². The second-order valence-electron chi connectivity index (χ2n) is 5.93. The molecule has 6 heteroatoms. The summed E-state index contributed by atoms with van der Waals surface area (Å²) in [6.45, 7) is 8.44. The van der Waals surface area contributed by atoms with Gasteiger partial charge >= 0.3 is 51.4 Å². The summed E-state index contributed by atoms with van der Waals surface area (Å²) in [4.78, 5) is 0. The van der Waals surface area contributed by atoms with Crippen molar-refractivity contribution in [2.75, 3.05) is 0 Å². The van der Waals surface area contributed by atoms with Gasteiger partial charge in [-0.25, -0.2) is 0 Å². The van der Waals surface area contributed by atoms with Gasteiger partial charge in [-0.1, -0.05) is 52.0 Å². The van der Waals surface area contributed by atoms with E-state index in [4.69, 9.17) is 33.1 Å². The van der Waals surface area contributed by atoms with Crippen LogP contribution >= 0.6 is 5.69 Å². The van der Waals surface area contributed by atoms with Gasteiger partial charge in [-0.3, -0.25) is 0 Å². The molecule has 2 aromatic rings. The van der Waals surface area contributed by atoms with Crippen LogP contribution in [-0.4, -0.2) is 0 Å². The molecule has 0 fully saturated rings. The van der Waals surface area contributed by atoms with Gasteiger partial charge in [0.2, 0.25) is 0 Å². The predicted molar refractivity (Wildman–Crippen MR) is 113 cm³/mol. The minimum atomic E-state index is -2.86. The maximum Gasteiger partial charge on any atom is 1.00 e. The van der Waals surface area contributed by atoms with E-state index in [-0.39, 0.29) is 51.4 Å². The molecule has 0 N–H and O–H groups in total. The first kappa shape index (κ1) is 24.7. The van der Waals surface area contributed by atoms with Crippen LogP contribution < -0.4 is 60.4 Å². The average Bonchev–Trinajstić information content (AvgIpc) is 2.60. The molecule has 0 radical (unpaired) electrons. The summed E-state index contributed by atoms with van der Waals surface area (Å²) in [6, 6.07) is 12.5. The fourth-order valence-corrected chi connectivity index (χ4v) is 4.47. The maximum absolute atomic E-state index is 6.06. The summed E-state index contributed by atoms with van der Waals surface area (Å²) < 4.78 is 12.1. The van der Waals surface area contributed by atoms with Crippen molar-refractivity contribution in [1.29, 1.82) is 0 Å². The van der Waals surface area contributed by atoms with Crippen LogP contribution in [0.2, 0.25) is 0 Å². The molecule has 0 heterocycles. The molecule has 0 atom stereocenters. The molecule has 0 bridgehead atoms. The molecular formula is C20H26KO2PS2. The Balaban J connectivity index is 0.00000338. The summed E-state index contributed by atoms with van der Waals surface area (Å²) >= 11 is 11.1. The van der Waals surface area contributed by atoms with Crippen LogP contribution in [0.25, 0.3) is 0 Å². The molecule has 0 aliphatic carbocycles. The van der Waals surface area contributed by atoms with E-state index < -0.39 is 5.69 Å². The van der Waals surface area contributed by atoms with Gasteiger partial charge in [-0.15, -0.1) is 0 Å². The Morgan fingerprint density at radius 1 is 0.769 bits per heavy atom. The molecule has 2 rings (SSSR count). The van der Waals surface area contributed by atoms with Crippen LogP contribution in [-0.2, 0) is 49.7 Å². The van der Waals surface area contributed by atoms with Crippen LogP contribution in [0.15, 0.2) is 36.4 Å². The van der Waals surface area contributed by atoms with E-state index in [0.29, 0.717) is 0 Å². The van der Waals surface area contributed by atoms with Gasteiger partial charge in [-0.05, 0) is 71.9 Å². The minimum Gasteiger partial charge on any atom is -0.665 e.